The van der Waals surface area contributed by atoms with Gasteiger partial charge in [-0.25, -0.2) is 13.2 Å². The summed E-state index contributed by atoms with van der Waals surface area (Å²) in [6, 6.07) is -0.872. The summed E-state index contributed by atoms with van der Waals surface area (Å²) in [4.78, 5) is 22.7. The molecule has 9 heteroatoms. The van der Waals surface area contributed by atoms with Gasteiger partial charge in [0.1, 0.15) is 6.04 Å². The molecule has 1 rings (SSSR count). The van der Waals surface area contributed by atoms with E-state index in [1.54, 1.807) is 0 Å². The van der Waals surface area contributed by atoms with Crippen molar-refractivity contribution in [2.45, 2.75) is 24.1 Å². The molecular formula is C11H19NO5S3. The predicted octanol–water partition coefficient (Wildman–Crippen LogP) is 0.229. The lowest BCUT2D eigenvalue weighted by molar-refractivity contribution is -0.141. The minimum absolute atomic E-state index is 0.0553. The summed E-state index contributed by atoms with van der Waals surface area (Å²) in [6.07, 6.45) is 2.82. The predicted molar refractivity (Wildman–Crippen MR) is 82.1 cm³/mol. The Morgan fingerprint density at radius 1 is 1.45 bits per heavy atom. The van der Waals surface area contributed by atoms with Crippen molar-refractivity contribution in [1.29, 1.82) is 0 Å². The van der Waals surface area contributed by atoms with E-state index in [1.165, 1.54) is 23.5 Å². The average molecular weight is 341 g/mol. The van der Waals surface area contributed by atoms with Gasteiger partial charge in [-0.1, -0.05) is 0 Å². The van der Waals surface area contributed by atoms with Gasteiger partial charge < -0.3 is 10.4 Å². The van der Waals surface area contributed by atoms with Gasteiger partial charge in [0.25, 0.3) is 0 Å². The van der Waals surface area contributed by atoms with Crippen molar-refractivity contribution in [3.8, 4) is 0 Å². The Morgan fingerprint density at radius 3 is 2.65 bits per heavy atom. The molecule has 116 valence electrons. The first-order valence-corrected chi connectivity index (χ1v) is 10.4. The van der Waals surface area contributed by atoms with Gasteiger partial charge in [-0.3, -0.25) is 4.79 Å². The first-order valence-electron chi connectivity index (χ1n) is 6.17. The highest BCUT2D eigenvalue weighted by molar-refractivity contribution is 8.02. The van der Waals surface area contributed by atoms with Crippen molar-refractivity contribution < 1.29 is 23.1 Å². The van der Waals surface area contributed by atoms with E-state index in [2.05, 4.69) is 5.32 Å². The van der Waals surface area contributed by atoms with Gasteiger partial charge in [-0.2, -0.15) is 11.8 Å². The molecule has 1 aliphatic rings. The molecule has 1 fully saturated rings. The molecule has 0 aromatic carbocycles. The minimum Gasteiger partial charge on any atom is -0.480 e. The van der Waals surface area contributed by atoms with Gasteiger partial charge >= 0.3 is 5.97 Å². The summed E-state index contributed by atoms with van der Waals surface area (Å²) < 4.78 is 22.6. The van der Waals surface area contributed by atoms with Gasteiger partial charge in [0.2, 0.25) is 5.91 Å². The minimum atomic E-state index is -2.94. The highest BCUT2D eigenvalue weighted by Crippen LogP contribution is 2.24. The molecule has 1 amide bonds. The molecule has 1 saturated heterocycles. The van der Waals surface area contributed by atoms with Crippen molar-refractivity contribution in [2.24, 2.45) is 0 Å². The Morgan fingerprint density at radius 2 is 2.15 bits per heavy atom. The third-order valence-electron chi connectivity index (χ3n) is 2.88. The molecule has 0 aliphatic carbocycles. The van der Waals surface area contributed by atoms with Crippen LogP contribution >= 0.6 is 23.5 Å². The molecule has 1 unspecified atom stereocenters. The molecule has 20 heavy (non-hydrogen) atoms. The second-order valence-corrected chi connectivity index (χ2v) is 9.08. The standard InChI is InChI=1S/C11H19NO5S3/c1-18-4-2-9(11(14)15)12-10(13)6-19-8-3-5-20(16,17)7-8/h8-9H,2-7H2,1H3,(H,12,13)(H,14,15)/t8?,9-/m0/s1. The van der Waals surface area contributed by atoms with Crippen molar-refractivity contribution in [3.63, 3.8) is 0 Å². The van der Waals surface area contributed by atoms with Gasteiger partial charge in [0.05, 0.1) is 17.3 Å². The van der Waals surface area contributed by atoms with E-state index in [4.69, 9.17) is 5.11 Å². The number of rotatable bonds is 8. The number of amides is 1. The number of hydrogen-bond acceptors (Lipinski definition) is 6. The maximum Gasteiger partial charge on any atom is 0.326 e. The lowest BCUT2D eigenvalue weighted by Crippen LogP contribution is -2.42. The molecule has 0 spiro atoms. The average Bonchev–Trinajstić information content (AvgIpc) is 2.71. The van der Waals surface area contributed by atoms with Crippen LogP contribution in [0.5, 0.6) is 0 Å². The molecule has 1 aliphatic heterocycles. The molecule has 6 nitrogen and oxygen atoms in total. The Labute approximate surface area is 127 Å². The number of carboxylic acids is 1. The van der Waals surface area contributed by atoms with Crippen LogP contribution in [0.2, 0.25) is 0 Å². The summed E-state index contributed by atoms with van der Waals surface area (Å²) >= 11 is 2.80. The molecular weight excluding hydrogens is 322 g/mol. The lowest BCUT2D eigenvalue weighted by atomic mass is 10.2. The van der Waals surface area contributed by atoms with Gasteiger partial charge in [-0.15, -0.1) is 11.8 Å². The molecule has 0 bridgehead atoms. The van der Waals surface area contributed by atoms with Gasteiger partial charge in [0.15, 0.2) is 9.84 Å². The maximum atomic E-state index is 11.7. The van der Waals surface area contributed by atoms with Crippen molar-refractivity contribution in [1.82, 2.24) is 5.32 Å². The van der Waals surface area contributed by atoms with Crippen LogP contribution in [0.3, 0.4) is 0 Å². The van der Waals surface area contributed by atoms with Crippen LogP contribution in [0.4, 0.5) is 0 Å². The number of carboxylic acid groups (broad SMARTS) is 1. The molecule has 0 aromatic heterocycles. The van der Waals surface area contributed by atoms with Crippen molar-refractivity contribution >= 4 is 45.2 Å². The van der Waals surface area contributed by atoms with E-state index in [0.29, 0.717) is 18.6 Å². The van der Waals surface area contributed by atoms with Gasteiger partial charge in [0, 0.05) is 5.25 Å². The Bertz CT molecular complexity index is 451. The van der Waals surface area contributed by atoms with E-state index in [9.17, 15) is 18.0 Å². The summed E-state index contributed by atoms with van der Waals surface area (Å²) in [6.45, 7) is 0. The second kappa shape index (κ2) is 8.14. The Hall–Kier alpha value is -0.410. The van der Waals surface area contributed by atoms with E-state index in [-0.39, 0.29) is 28.4 Å². The van der Waals surface area contributed by atoms with Crippen LogP contribution in [-0.4, -0.2) is 66.0 Å². The van der Waals surface area contributed by atoms with Crippen LogP contribution in [0.15, 0.2) is 0 Å². The van der Waals surface area contributed by atoms with Crippen LogP contribution < -0.4 is 5.32 Å². The first-order chi connectivity index (χ1) is 9.34. The van der Waals surface area contributed by atoms with Crippen molar-refractivity contribution in [3.05, 3.63) is 0 Å². The maximum absolute atomic E-state index is 11.7. The number of carbonyl (C=O) groups excluding carboxylic acids is 1. The molecule has 0 saturated carbocycles. The first kappa shape index (κ1) is 17.6. The second-order valence-electron chi connectivity index (χ2n) is 4.58. The fraction of sp³-hybridized carbons (Fsp3) is 0.818. The highest BCUT2D eigenvalue weighted by Gasteiger charge is 2.29. The smallest absolute Gasteiger partial charge is 0.326 e. The van der Waals surface area contributed by atoms with E-state index in [1.807, 2.05) is 6.26 Å². The van der Waals surface area contributed by atoms with Crippen LogP contribution in [0, 0.1) is 0 Å². The lowest BCUT2D eigenvalue weighted by Gasteiger charge is -2.14. The normalized spacial score (nSPS) is 22.4. The SMILES string of the molecule is CSCC[C@H](NC(=O)CSC1CCS(=O)(=O)C1)C(=O)O. The Kier molecular flexibility index (Phi) is 7.18. The zero-order chi connectivity index (χ0) is 15.2. The topological polar surface area (TPSA) is 101 Å². The molecule has 2 N–H and O–H groups in total. The van der Waals surface area contributed by atoms with Crippen LogP contribution in [-0.2, 0) is 19.4 Å². The fourth-order valence-corrected chi connectivity index (χ4v) is 5.74. The molecule has 0 aromatic rings. The molecule has 0 radical (unpaired) electrons. The third kappa shape index (κ3) is 6.36. The number of aliphatic carboxylic acids is 1. The van der Waals surface area contributed by atoms with E-state index >= 15 is 0 Å². The van der Waals surface area contributed by atoms with Gasteiger partial charge in [-0.05, 0) is 24.9 Å². The number of hydrogen-bond donors (Lipinski definition) is 2. The highest BCUT2D eigenvalue weighted by atomic mass is 32.2. The van der Waals surface area contributed by atoms with Crippen molar-refractivity contribution in [2.75, 3.05) is 29.3 Å². The number of nitrogens with one attached hydrogen (secondary N) is 1. The Balaban J connectivity index is 2.33. The van der Waals surface area contributed by atoms with E-state index in [0.717, 1.165) is 0 Å². The number of thioether (sulfide) groups is 2. The zero-order valence-corrected chi connectivity index (χ0v) is 13.7. The molecule has 2 atom stereocenters. The number of carbonyl (C=O) groups is 2. The summed E-state index contributed by atoms with van der Waals surface area (Å²) in [7, 11) is -2.94. The fourth-order valence-electron chi connectivity index (χ4n) is 1.81. The largest absolute Gasteiger partial charge is 0.480 e. The summed E-state index contributed by atoms with van der Waals surface area (Å²) in [5.41, 5.74) is 0. The van der Waals surface area contributed by atoms with E-state index < -0.39 is 21.8 Å². The van der Waals surface area contributed by atoms with Crippen LogP contribution in [0.25, 0.3) is 0 Å². The number of sulfone groups is 1. The third-order valence-corrected chi connectivity index (χ3v) is 6.81. The van der Waals surface area contributed by atoms with Crippen LogP contribution in [0.1, 0.15) is 12.8 Å². The molecule has 1 heterocycles. The quantitative estimate of drug-likeness (QED) is 0.652. The zero-order valence-electron chi connectivity index (χ0n) is 11.2. The summed E-state index contributed by atoms with van der Waals surface area (Å²) in [5, 5.41) is 11.4. The monoisotopic (exact) mass is 341 g/mol. The summed E-state index contributed by atoms with van der Waals surface area (Å²) in [5.74, 6) is -0.347.